The SMILES string of the molecule is CCn1c(-c2cccnc2[C@H](C)OC)c2c3cc(ccc31)-c1csc(n1)C[C@H](NC(=O)[C@H](C(C)C)N1CCC3(CCN(C(=O)C#CC(C)(C)N(C)C)CC3)C1=O)C(=O)N1CCC[C@H](N1)C(=O)OCC(C)(C)C2. The number of esters is 1. The molecule has 4 aliphatic rings. The Morgan fingerprint density at radius 3 is 2.50 bits per heavy atom. The number of amides is 4. The minimum Gasteiger partial charge on any atom is -0.464 e. The number of pyridine rings is 1. The van der Waals surface area contributed by atoms with Gasteiger partial charge in [0, 0.05) is 85.3 Å². The number of aryl methyl sites for hydroxylation is 1. The molecule has 3 saturated heterocycles. The van der Waals surface area contributed by atoms with Crippen LogP contribution in [0.2, 0.25) is 0 Å². The minimum atomic E-state index is -1.07. The van der Waals surface area contributed by atoms with Crippen LogP contribution in [0, 0.1) is 28.6 Å². The van der Waals surface area contributed by atoms with Gasteiger partial charge in [-0.2, -0.15) is 0 Å². The third-order valence-electron chi connectivity index (χ3n) is 15.5. The molecule has 72 heavy (non-hydrogen) atoms. The lowest BCUT2D eigenvalue weighted by Crippen LogP contribution is -2.62. The number of hydrogen-bond donors (Lipinski definition) is 2. The molecular formula is C55H73N9O7S. The van der Waals surface area contributed by atoms with Gasteiger partial charge in [-0.15, -0.1) is 11.3 Å². The second-order valence-electron chi connectivity index (χ2n) is 22.0. The third-order valence-corrected chi connectivity index (χ3v) is 16.4. The largest absolute Gasteiger partial charge is 0.464 e. The Hall–Kier alpha value is -5.67. The first-order chi connectivity index (χ1) is 34.2. The van der Waals surface area contributed by atoms with Crippen LogP contribution in [0.4, 0.5) is 0 Å². The molecule has 1 aromatic carbocycles. The minimum absolute atomic E-state index is 0.0865. The molecule has 8 rings (SSSR count). The normalized spacial score (nSPS) is 21.4. The molecule has 17 heteroatoms. The van der Waals surface area contributed by atoms with E-state index in [-0.39, 0.29) is 36.9 Å². The van der Waals surface area contributed by atoms with Gasteiger partial charge in [-0.1, -0.05) is 39.7 Å². The van der Waals surface area contributed by atoms with Gasteiger partial charge >= 0.3 is 5.97 Å². The highest BCUT2D eigenvalue weighted by atomic mass is 32.1. The maximum absolute atomic E-state index is 14.8. The Morgan fingerprint density at radius 1 is 1.07 bits per heavy atom. The van der Waals surface area contributed by atoms with Crippen LogP contribution < -0.4 is 10.7 Å². The maximum Gasteiger partial charge on any atom is 0.324 e. The van der Waals surface area contributed by atoms with Crippen molar-refractivity contribution in [3.8, 4) is 34.4 Å². The summed E-state index contributed by atoms with van der Waals surface area (Å²) in [6, 6.07) is 7.73. The molecule has 4 aromatic rings. The van der Waals surface area contributed by atoms with Gasteiger partial charge in [0.15, 0.2) is 0 Å². The molecule has 386 valence electrons. The number of piperidine rings is 1. The molecule has 4 atom stereocenters. The first-order valence-corrected chi connectivity index (χ1v) is 26.5. The molecule has 16 nitrogen and oxygen atoms in total. The standard InChI is InChI=1S/C55H73N9O7S/c1-12-62-43-18-17-36-29-38(43)39(48(62)37-15-13-24-56-46(37)35(4)70-11)31-53(5,6)33-71-51(68)40-16-14-25-64(59-40)50(67)41(30-44-57-42(36)32-72-44)58-49(66)47(34(2)3)63-28-23-55(52(63)69)21-26-61(27-22-55)45(65)19-20-54(7,8)60(9)10/h13,15,17-18,24,29,32,34-35,40-41,47,59H,12,14,16,21-23,25-28,30-31,33H2,1-11H3,(H,58,66)/t35-,40-,41-,47-/m0/s1. The van der Waals surface area contributed by atoms with Crippen molar-refractivity contribution in [3.63, 3.8) is 0 Å². The lowest BCUT2D eigenvalue weighted by Gasteiger charge is -2.39. The van der Waals surface area contributed by atoms with E-state index in [1.54, 1.807) is 23.1 Å². The van der Waals surface area contributed by atoms with Crippen LogP contribution in [0.3, 0.4) is 0 Å². The number of thiazole rings is 1. The van der Waals surface area contributed by atoms with E-state index in [0.29, 0.717) is 76.3 Å². The lowest BCUT2D eigenvalue weighted by atomic mass is 9.77. The van der Waals surface area contributed by atoms with Crippen LogP contribution >= 0.6 is 11.3 Å². The number of nitrogens with zero attached hydrogens (tertiary/aromatic N) is 7. The molecule has 3 aromatic heterocycles. The summed E-state index contributed by atoms with van der Waals surface area (Å²) in [7, 11) is 5.53. The molecule has 2 N–H and O–H groups in total. The van der Waals surface area contributed by atoms with Gasteiger partial charge < -0.3 is 29.2 Å². The van der Waals surface area contributed by atoms with E-state index in [1.165, 1.54) is 16.3 Å². The number of hydrogen-bond acceptors (Lipinski definition) is 12. The van der Waals surface area contributed by atoms with Crippen molar-refractivity contribution in [2.45, 2.75) is 137 Å². The zero-order valence-electron chi connectivity index (χ0n) is 44.0. The first-order valence-electron chi connectivity index (χ1n) is 25.6. The van der Waals surface area contributed by atoms with Crippen molar-refractivity contribution in [3.05, 3.63) is 58.2 Å². The van der Waals surface area contributed by atoms with Gasteiger partial charge in [0.1, 0.15) is 18.1 Å². The number of likely N-dealkylation sites (tertiary alicyclic amines) is 2. The van der Waals surface area contributed by atoms with E-state index in [0.717, 1.165) is 44.7 Å². The molecule has 6 bridgehead atoms. The number of benzene rings is 1. The molecule has 4 amide bonds. The van der Waals surface area contributed by atoms with Crippen LogP contribution in [0.1, 0.15) is 110 Å². The van der Waals surface area contributed by atoms with E-state index in [1.807, 2.05) is 65.1 Å². The first kappa shape index (κ1) is 52.6. The fourth-order valence-corrected chi connectivity index (χ4v) is 11.6. The van der Waals surface area contributed by atoms with Crippen molar-refractivity contribution >= 4 is 51.8 Å². The number of rotatable bonds is 9. The summed E-state index contributed by atoms with van der Waals surface area (Å²) in [6.07, 6.45) is 4.73. The average molecular weight is 1000 g/mol. The molecule has 1 spiro atoms. The predicted octanol–water partition coefficient (Wildman–Crippen LogP) is 6.41. The van der Waals surface area contributed by atoms with Gasteiger partial charge in [0.05, 0.1) is 45.8 Å². The second kappa shape index (κ2) is 21.0. The number of carbonyl (C=O) groups is 5. The third kappa shape index (κ3) is 10.6. The fraction of sp³-hybridized carbons (Fsp3) is 0.582. The topological polar surface area (TPSA) is 172 Å². The summed E-state index contributed by atoms with van der Waals surface area (Å²) >= 11 is 1.42. The highest BCUT2D eigenvalue weighted by molar-refractivity contribution is 7.10. The van der Waals surface area contributed by atoms with Crippen LogP contribution in [0.15, 0.2) is 41.9 Å². The van der Waals surface area contributed by atoms with E-state index in [4.69, 9.17) is 19.4 Å². The second-order valence-corrected chi connectivity index (χ2v) is 22.9. The number of carbonyl (C=O) groups excluding carboxylic acids is 5. The lowest BCUT2D eigenvalue weighted by molar-refractivity contribution is -0.155. The molecule has 0 unspecified atom stereocenters. The van der Waals surface area contributed by atoms with Crippen molar-refractivity contribution in [1.29, 1.82) is 0 Å². The summed E-state index contributed by atoms with van der Waals surface area (Å²) in [5.74, 6) is 3.98. The monoisotopic (exact) mass is 1000 g/mol. The Labute approximate surface area is 428 Å². The molecule has 7 heterocycles. The molecule has 0 saturated carbocycles. The Bertz CT molecular complexity index is 2780. The number of nitrogens with one attached hydrogen (secondary N) is 2. The van der Waals surface area contributed by atoms with Gasteiger partial charge in [-0.25, -0.2) is 10.4 Å². The van der Waals surface area contributed by atoms with Crippen molar-refractivity contribution in [2.24, 2.45) is 16.7 Å². The van der Waals surface area contributed by atoms with E-state index in [2.05, 4.69) is 72.2 Å². The van der Waals surface area contributed by atoms with E-state index in [9.17, 15) is 24.0 Å². The number of hydrazine groups is 1. The predicted molar refractivity (Wildman–Crippen MR) is 278 cm³/mol. The van der Waals surface area contributed by atoms with E-state index < -0.39 is 52.3 Å². The summed E-state index contributed by atoms with van der Waals surface area (Å²) in [5, 5.41) is 8.24. The van der Waals surface area contributed by atoms with Crippen molar-refractivity contribution in [2.75, 3.05) is 54.0 Å². The number of methoxy groups -OCH3 is 1. The van der Waals surface area contributed by atoms with Crippen molar-refractivity contribution < 1.29 is 33.4 Å². The van der Waals surface area contributed by atoms with Crippen LogP contribution in [-0.4, -0.2) is 141 Å². The van der Waals surface area contributed by atoms with Crippen LogP contribution in [0.25, 0.3) is 33.4 Å². The van der Waals surface area contributed by atoms with E-state index >= 15 is 0 Å². The van der Waals surface area contributed by atoms with Gasteiger partial charge in [-0.3, -0.25) is 38.9 Å². The average Bonchev–Trinajstić information content (AvgIpc) is 4.05. The fourth-order valence-electron chi connectivity index (χ4n) is 10.7. The summed E-state index contributed by atoms with van der Waals surface area (Å²) in [4.78, 5) is 86.6. The van der Waals surface area contributed by atoms with Gasteiger partial charge in [0.2, 0.25) is 11.8 Å². The summed E-state index contributed by atoms with van der Waals surface area (Å²) in [5.41, 5.74) is 8.15. The molecule has 0 aliphatic carbocycles. The van der Waals surface area contributed by atoms with Gasteiger partial charge in [0.25, 0.3) is 11.8 Å². The highest BCUT2D eigenvalue weighted by Gasteiger charge is 2.52. The van der Waals surface area contributed by atoms with Crippen molar-refractivity contribution in [1.82, 2.24) is 45.0 Å². The molecule has 0 radical (unpaired) electrons. The zero-order chi connectivity index (χ0) is 51.9. The Balaban J connectivity index is 1.10. The molecule has 4 aliphatic heterocycles. The van der Waals surface area contributed by atoms with Gasteiger partial charge in [-0.05, 0) is 122 Å². The molecular weight excluding hydrogens is 931 g/mol. The Morgan fingerprint density at radius 2 is 1.81 bits per heavy atom. The Kier molecular flexibility index (Phi) is 15.4. The number of aromatic nitrogens is 3. The maximum atomic E-state index is 14.8. The van der Waals surface area contributed by atoms with Crippen LogP contribution in [-0.2, 0) is 52.8 Å². The van der Waals surface area contributed by atoms with Crippen LogP contribution in [0.5, 0.6) is 0 Å². The number of cyclic esters (lactones) is 1. The quantitative estimate of drug-likeness (QED) is 0.140. The number of ether oxygens (including phenoxy) is 2. The zero-order valence-corrected chi connectivity index (χ0v) is 44.8. The highest BCUT2D eigenvalue weighted by Crippen LogP contribution is 2.44. The molecule has 3 fully saturated rings. The smallest absolute Gasteiger partial charge is 0.324 e. The summed E-state index contributed by atoms with van der Waals surface area (Å²) in [6.45, 7) is 18.4. The summed E-state index contributed by atoms with van der Waals surface area (Å²) < 4.78 is 14.3. The number of fused-ring (bicyclic) bond motifs is 6.